The molecule has 0 amide bonds. The summed E-state index contributed by atoms with van der Waals surface area (Å²) in [6.45, 7) is 2.48. The van der Waals surface area contributed by atoms with Crippen molar-refractivity contribution in [2.75, 3.05) is 6.54 Å². The van der Waals surface area contributed by atoms with E-state index in [1.165, 1.54) is 11.4 Å². The summed E-state index contributed by atoms with van der Waals surface area (Å²) in [4.78, 5) is 10.7. The van der Waals surface area contributed by atoms with E-state index in [1.807, 2.05) is 0 Å². The molecule has 0 unspecified atom stereocenters. The predicted molar refractivity (Wildman–Crippen MR) is 70.6 cm³/mol. The number of hydrogen-bond donors (Lipinski definition) is 2. The van der Waals surface area contributed by atoms with Gasteiger partial charge in [0.25, 0.3) is 0 Å². The molecule has 0 radical (unpaired) electrons. The molecule has 0 atom stereocenters. The molecule has 18 heavy (non-hydrogen) atoms. The summed E-state index contributed by atoms with van der Waals surface area (Å²) in [5.41, 5.74) is 0. The number of carbonyl (C=O) groups is 1. The Hall–Kier alpha value is -0.920. The fourth-order valence-electron chi connectivity index (χ4n) is 1.41. The van der Waals surface area contributed by atoms with E-state index in [1.54, 1.807) is 0 Å². The Morgan fingerprint density at radius 3 is 2.67 bits per heavy atom. The lowest BCUT2D eigenvalue weighted by molar-refractivity contribution is 0.0702. The molecule has 1 heterocycles. The summed E-state index contributed by atoms with van der Waals surface area (Å²) in [5.74, 6) is -1.11. The molecule has 2 N–H and O–H groups in total. The van der Waals surface area contributed by atoms with E-state index in [0.717, 1.165) is 37.0 Å². The maximum absolute atomic E-state index is 11.8. The van der Waals surface area contributed by atoms with Crippen molar-refractivity contribution in [2.24, 2.45) is 0 Å². The van der Waals surface area contributed by atoms with Gasteiger partial charge in [-0.15, -0.1) is 11.3 Å². The highest BCUT2D eigenvalue weighted by Gasteiger charge is 2.17. The van der Waals surface area contributed by atoms with E-state index in [2.05, 4.69) is 11.6 Å². The van der Waals surface area contributed by atoms with Crippen LogP contribution in [-0.4, -0.2) is 26.0 Å². The van der Waals surface area contributed by atoms with Gasteiger partial charge in [-0.05, 0) is 12.5 Å². The zero-order valence-corrected chi connectivity index (χ0v) is 11.8. The first-order valence-electron chi connectivity index (χ1n) is 5.79. The van der Waals surface area contributed by atoms with Crippen LogP contribution in [-0.2, 0) is 10.0 Å². The molecule has 0 aliphatic rings. The Kier molecular flexibility index (Phi) is 5.77. The highest BCUT2D eigenvalue weighted by molar-refractivity contribution is 7.89. The molecule has 0 aromatic carbocycles. The van der Waals surface area contributed by atoms with Crippen molar-refractivity contribution in [2.45, 2.75) is 37.5 Å². The van der Waals surface area contributed by atoms with Crippen molar-refractivity contribution >= 4 is 27.3 Å². The zero-order valence-electron chi connectivity index (χ0n) is 10.2. The van der Waals surface area contributed by atoms with Crippen LogP contribution in [0.15, 0.2) is 16.3 Å². The average molecular weight is 291 g/mol. The largest absolute Gasteiger partial charge is 0.477 e. The van der Waals surface area contributed by atoms with Crippen molar-refractivity contribution < 1.29 is 18.3 Å². The van der Waals surface area contributed by atoms with Crippen molar-refractivity contribution in [1.29, 1.82) is 0 Å². The second kappa shape index (κ2) is 6.86. The number of sulfonamides is 1. The van der Waals surface area contributed by atoms with Crippen LogP contribution in [0.3, 0.4) is 0 Å². The number of aromatic carboxylic acids is 1. The molecule has 0 saturated carbocycles. The summed E-state index contributed by atoms with van der Waals surface area (Å²) in [6, 6.07) is 1.18. The molecule has 1 aromatic heterocycles. The van der Waals surface area contributed by atoms with Gasteiger partial charge >= 0.3 is 5.97 Å². The third-order valence-corrected chi connectivity index (χ3v) is 4.93. The van der Waals surface area contributed by atoms with Crippen LogP contribution in [0.5, 0.6) is 0 Å². The van der Waals surface area contributed by atoms with Crippen LogP contribution in [0.2, 0.25) is 0 Å². The topological polar surface area (TPSA) is 83.5 Å². The first-order valence-corrected chi connectivity index (χ1v) is 8.15. The van der Waals surface area contributed by atoms with Crippen LogP contribution in [0.25, 0.3) is 0 Å². The van der Waals surface area contributed by atoms with E-state index in [4.69, 9.17) is 5.11 Å². The van der Waals surface area contributed by atoms with Crippen LogP contribution >= 0.6 is 11.3 Å². The Morgan fingerprint density at radius 2 is 2.11 bits per heavy atom. The molecule has 0 bridgehead atoms. The SMILES string of the molecule is CCCCCCNS(=O)(=O)c1csc(C(=O)O)c1. The third kappa shape index (κ3) is 4.40. The van der Waals surface area contributed by atoms with E-state index < -0.39 is 16.0 Å². The number of rotatable bonds is 8. The number of hydrogen-bond acceptors (Lipinski definition) is 4. The summed E-state index contributed by atoms with van der Waals surface area (Å²) >= 11 is 0.913. The number of carboxylic acid groups (broad SMARTS) is 1. The van der Waals surface area contributed by atoms with Gasteiger partial charge in [-0.25, -0.2) is 17.9 Å². The number of nitrogens with one attached hydrogen (secondary N) is 1. The number of unbranched alkanes of at least 4 members (excludes halogenated alkanes) is 3. The van der Waals surface area contributed by atoms with Gasteiger partial charge in [-0.1, -0.05) is 26.2 Å². The Balaban J connectivity index is 2.54. The van der Waals surface area contributed by atoms with Gasteiger partial charge in [0.05, 0.1) is 4.90 Å². The van der Waals surface area contributed by atoms with Gasteiger partial charge < -0.3 is 5.11 Å². The fourth-order valence-corrected chi connectivity index (χ4v) is 3.60. The molecule has 0 aliphatic carbocycles. The monoisotopic (exact) mass is 291 g/mol. The van der Waals surface area contributed by atoms with E-state index in [-0.39, 0.29) is 9.77 Å². The summed E-state index contributed by atoms with van der Waals surface area (Å²) in [5, 5.41) is 10.1. The molecule has 7 heteroatoms. The molecule has 0 aliphatic heterocycles. The number of carboxylic acids is 1. The third-order valence-electron chi connectivity index (χ3n) is 2.42. The maximum atomic E-state index is 11.8. The highest BCUT2D eigenvalue weighted by atomic mass is 32.2. The second-order valence-electron chi connectivity index (χ2n) is 3.91. The minimum atomic E-state index is -3.56. The van der Waals surface area contributed by atoms with Crippen LogP contribution in [0.1, 0.15) is 42.3 Å². The maximum Gasteiger partial charge on any atom is 0.345 e. The van der Waals surface area contributed by atoms with E-state index in [9.17, 15) is 13.2 Å². The van der Waals surface area contributed by atoms with Crippen molar-refractivity contribution in [3.8, 4) is 0 Å². The van der Waals surface area contributed by atoms with Gasteiger partial charge in [0.15, 0.2) is 0 Å². The molecule has 102 valence electrons. The van der Waals surface area contributed by atoms with Crippen molar-refractivity contribution in [3.63, 3.8) is 0 Å². The van der Waals surface area contributed by atoms with Crippen molar-refractivity contribution in [3.05, 3.63) is 16.3 Å². The Bertz CT molecular complexity index is 493. The van der Waals surface area contributed by atoms with E-state index >= 15 is 0 Å². The molecule has 1 rings (SSSR count). The van der Waals surface area contributed by atoms with Gasteiger partial charge in [-0.3, -0.25) is 0 Å². The summed E-state index contributed by atoms with van der Waals surface area (Å²) < 4.78 is 26.1. The minimum absolute atomic E-state index is 0.0281. The lowest BCUT2D eigenvalue weighted by atomic mass is 10.2. The molecule has 0 fully saturated rings. The summed E-state index contributed by atoms with van der Waals surface area (Å²) in [7, 11) is -3.56. The van der Waals surface area contributed by atoms with Gasteiger partial charge in [0.1, 0.15) is 4.88 Å². The quantitative estimate of drug-likeness (QED) is 0.720. The summed E-state index contributed by atoms with van der Waals surface area (Å²) in [6.07, 6.45) is 3.97. The number of thiophene rings is 1. The highest BCUT2D eigenvalue weighted by Crippen LogP contribution is 2.19. The van der Waals surface area contributed by atoms with Gasteiger partial charge in [0.2, 0.25) is 10.0 Å². The first kappa shape index (κ1) is 15.1. The van der Waals surface area contributed by atoms with Gasteiger partial charge in [0, 0.05) is 11.9 Å². The second-order valence-corrected chi connectivity index (χ2v) is 6.59. The lowest BCUT2D eigenvalue weighted by Gasteiger charge is -2.04. The van der Waals surface area contributed by atoms with Crippen LogP contribution in [0.4, 0.5) is 0 Å². The fraction of sp³-hybridized carbons (Fsp3) is 0.545. The average Bonchev–Trinajstić information content (AvgIpc) is 2.78. The minimum Gasteiger partial charge on any atom is -0.477 e. The lowest BCUT2D eigenvalue weighted by Crippen LogP contribution is -2.24. The van der Waals surface area contributed by atoms with E-state index in [0.29, 0.717) is 6.54 Å². The zero-order chi connectivity index (χ0) is 13.6. The molecule has 0 spiro atoms. The molecule has 5 nitrogen and oxygen atoms in total. The standard InChI is InChI=1S/C11H17NO4S2/c1-2-3-4-5-6-12-18(15,16)9-7-10(11(13)14)17-8-9/h7-8,12H,2-6H2,1H3,(H,13,14). The first-order chi connectivity index (χ1) is 8.47. The molecule has 1 aromatic rings. The predicted octanol–water partition coefficient (Wildman–Crippen LogP) is 2.30. The molecule has 0 saturated heterocycles. The van der Waals surface area contributed by atoms with Crippen LogP contribution < -0.4 is 4.72 Å². The smallest absolute Gasteiger partial charge is 0.345 e. The Labute approximate surface area is 111 Å². The normalized spacial score (nSPS) is 11.6. The van der Waals surface area contributed by atoms with Crippen LogP contribution in [0, 0.1) is 0 Å². The van der Waals surface area contributed by atoms with Gasteiger partial charge in [-0.2, -0.15) is 0 Å². The molecular formula is C11H17NO4S2. The molecular weight excluding hydrogens is 274 g/mol. The van der Waals surface area contributed by atoms with Crippen molar-refractivity contribution in [1.82, 2.24) is 4.72 Å². The Morgan fingerprint density at radius 1 is 1.39 bits per heavy atom.